The monoisotopic (exact) mass is 298 g/mol. The second kappa shape index (κ2) is 8.25. The van der Waals surface area contributed by atoms with Crippen molar-refractivity contribution in [3.05, 3.63) is 11.9 Å². The molecule has 2 N–H and O–H groups in total. The second-order valence-electron chi connectivity index (χ2n) is 4.31. The fraction of sp³-hybridized carbons (Fsp3) is 0.615. The van der Waals surface area contributed by atoms with Gasteiger partial charge in [-0.1, -0.05) is 0 Å². The Morgan fingerprint density at radius 3 is 2.67 bits per heavy atom. The van der Waals surface area contributed by atoms with E-state index in [2.05, 4.69) is 5.10 Å². The summed E-state index contributed by atoms with van der Waals surface area (Å²) < 4.78 is 11.4. The molecule has 0 atom stereocenters. The van der Waals surface area contributed by atoms with Crippen molar-refractivity contribution < 1.29 is 19.1 Å². The van der Waals surface area contributed by atoms with E-state index in [1.165, 1.54) is 12.0 Å². The van der Waals surface area contributed by atoms with E-state index < -0.39 is 11.9 Å². The smallest absolute Gasteiger partial charge is 0.325 e. The number of aryl methyl sites for hydroxylation is 1. The zero-order valence-electron chi connectivity index (χ0n) is 12.7. The molecule has 0 radical (unpaired) electrons. The minimum Gasteiger partial charge on any atom is -0.465 e. The first-order chi connectivity index (χ1) is 10.0. The predicted molar refractivity (Wildman–Crippen MR) is 76.7 cm³/mol. The molecule has 21 heavy (non-hydrogen) atoms. The van der Waals surface area contributed by atoms with Crippen LogP contribution in [-0.2, 0) is 20.8 Å². The molecule has 1 aromatic heterocycles. The molecule has 0 aliphatic carbocycles. The number of hydrogen-bond acceptors (Lipinski definition) is 6. The third kappa shape index (κ3) is 4.75. The van der Waals surface area contributed by atoms with Crippen LogP contribution in [0.25, 0.3) is 0 Å². The van der Waals surface area contributed by atoms with Crippen molar-refractivity contribution in [1.29, 1.82) is 0 Å². The van der Waals surface area contributed by atoms with Crippen molar-refractivity contribution in [1.82, 2.24) is 14.7 Å². The molecule has 8 nitrogen and oxygen atoms in total. The number of methoxy groups -OCH3 is 1. The quantitative estimate of drug-likeness (QED) is 0.685. The topological polar surface area (TPSA) is 99.7 Å². The van der Waals surface area contributed by atoms with Crippen LogP contribution in [0.1, 0.15) is 24.3 Å². The molecule has 8 heteroatoms. The molecule has 1 aromatic rings. The van der Waals surface area contributed by atoms with Crippen LogP contribution in [0.4, 0.5) is 5.69 Å². The van der Waals surface area contributed by atoms with Crippen molar-refractivity contribution in [2.24, 2.45) is 0 Å². The number of carbonyl (C=O) groups is 2. The molecule has 1 amide bonds. The number of rotatable bonds is 8. The Morgan fingerprint density at radius 1 is 1.43 bits per heavy atom. The third-order valence-corrected chi connectivity index (χ3v) is 2.79. The number of nitrogens with two attached hydrogens (primary N) is 1. The van der Waals surface area contributed by atoms with Crippen LogP contribution in [0.15, 0.2) is 6.20 Å². The SMILES string of the molecule is CCOC(=O)CN(CCOC)C(=O)c1nn(CC)cc1N. The van der Waals surface area contributed by atoms with Gasteiger partial charge >= 0.3 is 5.97 Å². The molecular weight excluding hydrogens is 276 g/mol. The first-order valence-corrected chi connectivity index (χ1v) is 6.80. The zero-order valence-corrected chi connectivity index (χ0v) is 12.7. The summed E-state index contributed by atoms with van der Waals surface area (Å²) >= 11 is 0. The highest BCUT2D eigenvalue weighted by Crippen LogP contribution is 2.12. The number of aromatic nitrogens is 2. The number of ether oxygens (including phenoxy) is 2. The molecule has 0 spiro atoms. The Morgan fingerprint density at radius 2 is 2.14 bits per heavy atom. The predicted octanol–water partition coefficient (Wildman–Crippen LogP) is 0.137. The van der Waals surface area contributed by atoms with Gasteiger partial charge in [0, 0.05) is 26.4 Å². The lowest BCUT2D eigenvalue weighted by atomic mass is 10.3. The van der Waals surface area contributed by atoms with Crippen LogP contribution in [0.5, 0.6) is 0 Å². The van der Waals surface area contributed by atoms with Crippen LogP contribution in [0, 0.1) is 0 Å². The van der Waals surface area contributed by atoms with E-state index in [1.54, 1.807) is 17.8 Å². The number of esters is 1. The van der Waals surface area contributed by atoms with Crippen molar-refractivity contribution in [3.8, 4) is 0 Å². The van der Waals surface area contributed by atoms with Crippen molar-refractivity contribution in [2.45, 2.75) is 20.4 Å². The van der Waals surface area contributed by atoms with Crippen LogP contribution in [0.2, 0.25) is 0 Å². The molecular formula is C13H22N4O4. The minimum absolute atomic E-state index is 0.136. The number of carbonyl (C=O) groups excluding carboxylic acids is 2. The number of nitrogens with zero attached hydrogens (tertiary/aromatic N) is 3. The Bertz CT molecular complexity index is 487. The standard InChI is InChI=1S/C13H22N4O4/c1-4-17-8-10(14)12(15-17)13(19)16(6-7-20-3)9-11(18)21-5-2/h8H,4-7,9,14H2,1-3H3. The molecule has 0 fully saturated rings. The maximum atomic E-state index is 12.4. The van der Waals surface area contributed by atoms with Gasteiger partial charge in [0.25, 0.3) is 5.91 Å². The molecule has 118 valence electrons. The Labute approximate surface area is 123 Å². The Kier molecular flexibility index (Phi) is 6.67. The van der Waals surface area contributed by atoms with Gasteiger partial charge in [0.2, 0.25) is 0 Å². The minimum atomic E-state index is -0.476. The Hall–Kier alpha value is -2.09. The highest BCUT2D eigenvalue weighted by atomic mass is 16.5. The maximum Gasteiger partial charge on any atom is 0.325 e. The van der Waals surface area contributed by atoms with Crippen molar-refractivity contribution >= 4 is 17.6 Å². The highest BCUT2D eigenvalue weighted by molar-refractivity contribution is 5.98. The van der Waals surface area contributed by atoms with Gasteiger partial charge in [-0.3, -0.25) is 14.3 Å². The van der Waals surface area contributed by atoms with Gasteiger partial charge in [0.15, 0.2) is 5.69 Å². The first-order valence-electron chi connectivity index (χ1n) is 6.80. The molecule has 0 aromatic carbocycles. The number of hydrogen-bond donors (Lipinski definition) is 1. The summed E-state index contributed by atoms with van der Waals surface area (Å²) in [6.07, 6.45) is 1.59. The molecule has 0 bridgehead atoms. The lowest BCUT2D eigenvalue weighted by molar-refractivity contribution is -0.143. The van der Waals surface area contributed by atoms with E-state index in [0.29, 0.717) is 13.2 Å². The summed E-state index contributed by atoms with van der Waals surface area (Å²) in [6, 6.07) is 0. The van der Waals surface area contributed by atoms with Gasteiger partial charge in [-0.2, -0.15) is 5.10 Å². The van der Waals surface area contributed by atoms with Gasteiger partial charge < -0.3 is 20.1 Å². The number of amides is 1. The van der Waals surface area contributed by atoms with E-state index in [-0.39, 0.29) is 31.1 Å². The summed E-state index contributed by atoms with van der Waals surface area (Å²) in [5, 5.41) is 4.12. The van der Waals surface area contributed by atoms with Crippen molar-refractivity contribution in [3.63, 3.8) is 0 Å². The van der Waals surface area contributed by atoms with Gasteiger partial charge in [0.1, 0.15) is 6.54 Å². The molecule has 0 unspecified atom stereocenters. The lowest BCUT2D eigenvalue weighted by Gasteiger charge is -2.20. The van der Waals surface area contributed by atoms with E-state index in [9.17, 15) is 9.59 Å². The maximum absolute atomic E-state index is 12.4. The summed E-state index contributed by atoms with van der Waals surface area (Å²) in [5.41, 5.74) is 6.22. The summed E-state index contributed by atoms with van der Waals surface area (Å²) in [5.74, 6) is -0.889. The molecule has 0 saturated heterocycles. The van der Waals surface area contributed by atoms with Gasteiger partial charge in [0.05, 0.1) is 18.9 Å². The van der Waals surface area contributed by atoms with Crippen LogP contribution >= 0.6 is 0 Å². The fourth-order valence-electron chi connectivity index (χ4n) is 1.73. The third-order valence-electron chi connectivity index (χ3n) is 2.79. The van der Waals surface area contributed by atoms with Crippen LogP contribution in [0.3, 0.4) is 0 Å². The van der Waals surface area contributed by atoms with Gasteiger partial charge in [-0.15, -0.1) is 0 Å². The Balaban J connectivity index is 2.87. The second-order valence-corrected chi connectivity index (χ2v) is 4.31. The van der Waals surface area contributed by atoms with Gasteiger partial charge in [-0.05, 0) is 13.8 Å². The molecule has 1 rings (SSSR count). The summed E-state index contributed by atoms with van der Waals surface area (Å²) in [7, 11) is 1.52. The van der Waals surface area contributed by atoms with Gasteiger partial charge in [-0.25, -0.2) is 0 Å². The number of anilines is 1. The first kappa shape index (κ1) is 17.0. The van der Waals surface area contributed by atoms with Crippen LogP contribution < -0.4 is 5.73 Å². The van der Waals surface area contributed by atoms with E-state index in [4.69, 9.17) is 15.2 Å². The van der Waals surface area contributed by atoms with Crippen LogP contribution in [-0.4, -0.2) is 60.0 Å². The van der Waals surface area contributed by atoms with Crippen molar-refractivity contribution in [2.75, 3.05) is 39.1 Å². The summed E-state index contributed by atoms with van der Waals surface area (Å²) in [6.45, 7) is 4.87. The molecule has 0 aliphatic heterocycles. The fourth-order valence-corrected chi connectivity index (χ4v) is 1.73. The van der Waals surface area contributed by atoms with E-state index in [1.807, 2.05) is 6.92 Å². The summed E-state index contributed by atoms with van der Waals surface area (Å²) in [4.78, 5) is 25.4. The average molecular weight is 298 g/mol. The van der Waals surface area contributed by atoms with E-state index >= 15 is 0 Å². The normalized spacial score (nSPS) is 10.4. The number of nitrogen functional groups attached to an aromatic ring is 1. The largest absolute Gasteiger partial charge is 0.465 e. The lowest BCUT2D eigenvalue weighted by Crippen LogP contribution is -2.39. The highest BCUT2D eigenvalue weighted by Gasteiger charge is 2.23. The molecule has 1 heterocycles. The zero-order chi connectivity index (χ0) is 15.8. The average Bonchev–Trinajstić information content (AvgIpc) is 2.84. The molecule has 0 saturated carbocycles. The van der Waals surface area contributed by atoms with E-state index in [0.717, 1.165) is 0 Å². The molecule has 0 aliphatic rings.